The molecule has 4 heterocycles. The van der Waals surface area contributed by atoms with Crippen molar-refractivity contribution in [3.63, 3.8) is 0 Å². The predicted octanol–water partition coefficient (Wildman–Crippen LogP) is 5.44. The Morgan fingerprint density at radius 3 is 2.86 bits per heavy atom. The van der Waals surface area contributed by atoms with E-state index in [4.69, 9.17) is 18.9 Å². The molecule has 2 aliphatic rings. The number of thioether (sulfide) groups is 1. The van der Waals surface area contributed by atoms with Crippen LogP contribution in [-0.4, -0.2) is 36.2 Å². The summed E-state index contributed by atoms with van der Waals surface area (Å²) in [5.41, 5.74) is 6.90. The molecule has 2 aliphatic heterocycles. The molecule has 37 heavy (non-hydrogen) atoms. The minimum Gasteiger partial charge on any atom is -0.493 e. The molecular formula is C29H26N3O4S+. The summed E-state index contributed by atoms with van der Waals surface area (Å²) in [5, 5.41) is 3.04. The number of fused-ring (bicyclic) bond motifs is 6. The molecule has 7 nitrogen and oxygen atoms in total. The molecule has 0 aliphatic carbocycles. The van der Waals surface area contributed by atoms with Gasteiger partial charge in [0, 0.05) is 18.2 Å². The second kappa shape index (κ2) is 8.88. The van der Waals surface area contributed by atoms with Crippen molar-refractivity contribution < 1.29 is 23.5 Å². The summed E-state index contributed by atoms with van der Waals surface area (Å²) in [6.45, 7) is 3.78. The largest absolute Gasteiger partial charge is 0.493 e. The minimum absolute atomic E-state index is 0.282. The molecule has 7 rings (SSSR count). The SMILES string of the molecule is COc1ccc2cc3[n+](cc2c1OCCSc1nc2ccc(C)cc2[nH]1)CCc1cc2c(cc1-3)OCO2. The molecule has 3 aromatic carbocycles. The molecule has 0 saturated carbocycles. The van der Waals surface area contributed by atoms with Crippen molar-refractivity contribution in [1.29, 1.82) is 0 Å². The van der Waals surface area contributed by atoms with E-state index in [1.807, 2.05) is 12.1 Å². The molecule has 2 aromatic heterocycles. The van der Waals surface area contributed by atoms with Crippen LogP contribution in [0.15, 0.2) is 59.9 Å². The van der Waals surface area contributed by atoms with E-state index in [1.54, 1.807) is 18.9 Å². The van der Waals surface area contributed by atoms with Gasteiger partial charge in [0.05, 0.1) is 35.7 Å². The second-order valence-corrected chi connectivity index (χ2v) is 10.4. The molecule has 0 radical (unpaired) electrons. The highest BCUT2D eigenvalue weighted by Crippen LogP contribution is 2.41. The summed E-state index contributed by atoms with van der Waals surface area (Å²) in [7, 11) is 1.68. The maximum Gasteiger partial charge on any atom is 0.231 e. The number of hydrogen-bond donors (Lipinski definition) is 1. The van der Waals surface area contributed by atoms with E-state index in [0.29, 0.717) is 6.61 Å². The molecule has 0 atom stereocenters. The lowest BCUT2D eigenvalue weighted by Gasteiger charge is -2.18. The van der Waals surface area contributed by atoms with E-state index in [2.05, 4.69) is 64.1 Å². The van der Waals surface area contributed by atoms with Crippen LogP contribution in [0.1, 0.15) is 11.1 Å². The molecule has 5 aromatic rings. The molecule has 1 N–H and O–H groups in total. The number of aromatic amines is 1. The first kappa shape index (κ1) is 22.3. The molecule has 8 heteroatoms. The molecular weight excluding hydrogens is 486 g/mol. The van der Waals surface area contributed by atoms with Crippen LogP contribution < -0.4 is 23.5 Å². The third-order valence-corrected chi connectivity index (χ3v) is 7.82. The van der Waals surface area contributed by atoms with Gasteiger partial charge in [-0.1, -0.05) is 17.8 Å². The van der Waals surface area contributed by atoms with Crippen molar-refractivity contribution in [3.05, 3.63) is 65.9 Å². The normalized spacial score (nSPS) is 13.6. The van der Waals surface area contributed by atoms with Gasteiger partial charge in [-0.2, -0.15) is 4.57 Å². The van der Waals surface area contributed by atoms with Crippen molar-refractivity contribution in [2.75, 3.05) is 26.3 Å². The van der Waals surface area contributed by atoms with Gasteiger partial charge in [-0.25, -0.2) is 4.98 Å². The van der Waals surface area contributed by atoms with Crippen molar-refractivity contribution in [3.8, 4) is 34.3 Å². The molecule has 0 amide bonds. The Morgan fingerprint density at radius 2 is 1.97 bits per heavy atom. The Labute approximate surface area is 218 Å². The number of ether oxygens (including phenoxy) is 4. The van der Waals surface area contributed by atoms with Crippen molar-refractivity contribution in [2.45, 2.75) is 25.0 Å². The zero-order valence-electron chi connectivity index (χ0n) is 20.7. The van der Waals surface area contributed by atoms with Crippen LogP contribution in [0.4, 0.5) is 0 Å². The average molecular weight is 513 g/mol. The molecule has 0 saturated heterocycles. The zero-order valence-corrected chi connectivity index (χ0v) is 21.5. The predicted molar refractivity (Wildman–Crippen MR) is 143 cm³/mol. The Balaban J connectivity index is 1.16. The number of imidazole rings is 1. The first-order chi connectivity index (χ1) is 18.2. The summed E-state index contributed by atoms with van der Waals surface area (Å²) in [6.07, 6.45) is 3.12. The fourth-order valence-electron chi connectivity index (χ4n) is 5.16. The summed E-state index contributed by atoms with van der Waals surface area (Å²) < 4.78 is 25.6. The number of aryl methyl sites for hydroxylation is 3. The van der Waals surface area contributed by atoms with E-state index in [1.165, 1.54) is 22.4 Å². The third kappa shape index (κ3) is 3.92. The lowest BCUT2D eigenvalue weighted by atomic mass is 9.95. The monoisotopic (exact) mass is 512 g/mol. The van der Waals surface area contributed by atoms with Crippen molar-refractivity contribution in [2.24, 2.45) is 0 Å². The minimum atomic E-state index is 0.282. The molecule has 0 unspecified atom stereocenters. The summed E-state index contributed by atoms with van der Waals surface area (Å²) >= 11 is 1.66. The number of hydrogen-bond acceptors (Lipinski definition) is 6. The highest BCUT2D eigenvalue weighted by molar-refractivity contribution is 7.99. The van der Waals surface area contributed by atoms with Gasteiger partial charge in [0.2, 0.25) is 12.5 Å². The van der Waals surface area contributed by atoms with Crippen molar-refractivity contribution >= 4 is 33.6 Å². The van der Waals surface area contributed by atoms with Gasteiger partial charge in [0.25, 0.3) is 0 Å². The van der Waals surface area contributed by atoms with Gasteiger partial charge in [0.1, 0.15) is 0 Å². The zero-order chi connectivity index (χ0) is 24.9. The first-order valence-corrected chi connectivity index (χ1v) is 13.3. The Hall–Kier alpha value is -3.91. The second-order valence-electron chi connectivity index (χ2n) is 9.32. The number of H-pyrrole nitrogens is 1. The smallest absolute Gasteiger partial charge is 0.231 e. The van der Waals surface area contributed by atoms with Gasteiger partial charge in [0.15, 0.2) is 40.9 Å². The van der Waals surface area contributed by atoms with Crippen LogP contribution >= 0.6 is 11.8 Å². The Morgan fingerprint density at radius 1 is 1.08 bits per heavy atom. The maximum atomic E-state index is 6.34. The highest BCUT2D eigenvalue weighted by atomic mass is 32.2. The Kier molecular flexibility index (Phi) is 5.35. The number of methoxy groups -OCH3 is 1. The quantitative estimate of drug-likeness (QED) is 0.186. The van der Waals surface area contributed by atoms with Crippen molar-refractivity contribution in [1.82, 2.24) is 9.97 Å². The van der Waals surface area contributed by atoms with E-state index in [0.717, 1.165) is 68.7 Å². The molecule has 0 bridgehead atoms. The van der Waals surface area contributed by atoms with Crippen LogP contribution in [0.25, 0.3) is 33.1 Å². The molecule has 186 valence electrons. The maximum absolute atomic E-state index is 6.34. The average Bonchev–Trinajstić information content (AvgIpc) is 3.54. The lowest BCUT2D eigenvalue weighted by molar-refractivity contribution is -0.686. The summed E-state index contributed by atoms with van der Waals surface area (Å²) in [6, 6.07) is 16.8. The van der Waals surface area contributed by atoms with E-state index < -0.39 is 0 Å². The fourth-order valence-corrected chi connectivity index (χ4v) is 5.86. The van der Waals surface area contributed by atoms with Gasteiger partial charge in [-0.3, -0.25) is 0 Å². The summed E-state index contributed by atoms with van der Waals surface area (Å²) in [5.74, 6) is 3.91. The first-order valence-electron chi connectivity index (χ1n) is 12.4. The topological polar surface area (TPSA) is 69.5 Å². The standard InChI is InChI=1S/C29H26N3O4S/c1-17-3-5-22-23(11-17)31-29(30-22)37-10-9-34-28-21-15-32-8-7-19-13-26-27(36-16-35-26)14-20(19)24(32)12-18(21)4-6-25(28)33-2/h3-6,11-15H,7-10,16H2,1-2H3,(H,30,31)/q+1. The highest BCUT2D eigenvalue weighted by Gasteiger charge is 2.28. The number of rotatable bonds is 6. The van der Waals surface area contributed by atoms with Crippen LogP contribution in [0.2, 0.25) is 0 Å². The van der Waals surface area contributed by atoms with E-state index >= 15 is 0 Å². The van der Waals surface area contributed by atoms with Crippen LogP contribution in [-0.2, 0) is 13.0 Å². The van der Waals surface area contributed by atoms with Gasteiger partial charge >= 0.3 is 0 Å². The lowest BCUT2D eigenvalue weighted by Crippen LogP contribution is -2.40. The molecule has 0 spiro atoms. The fraction of sp³-hybridized carbons (Fsp3) is 0.241. The summed E-state index contributed by atoms with van der Waals surface area (Å²) in [4.78, 5) is 8.07. The van der Waals surface area contributed by atoms with Gasteiger partial charge < -0.3 is 23.9 Å². The Bertz CT molecular complexity index is 1680. The number of nitrogens with one attached hydrogen (secondary N) is 1. The number of nitrogens with zero attached hydrogens (tertiary/aromatic N) is 2. The van der Waals surface area contributed by atoms with E-state index in [-0.39, 0.29) is 6.79 Å². The molecule has 0 fully saturated rings. The van der Waals surface area contributed by atoms with Crippen LogP contribution in [0.5, 0.6) is 23.0 Å². The van der Waals surface area contributed by atoms with Crippen LogP contribution in [0.3, 0.4) is 0 Å². The third-order valence-electron chi connectivity index (χ3n) is 6.98. The number of benzene rings is 3. The van der Waals surface area contributed by atoms with Crippen LogP contribution in [0, 0.1) is 6.92 Å². The van der Waals surface area contributed by atoms with Gasteiger partial charge in [-0.15, -0.1) is 0 Å². The number of pyridine rings is 1. The van der Waals surface area contributed by atoms with Gasteiger partial charge in [-0.05, 0) is 59.8 Å². The number of aromatic nitrogens is 3. The van der Waals surface area contributed by atoms with E-state index in [9.17, 15) is 0 Å².